The minimum absolute atomic E-state index is 0.561. The highest BCUT2D eigenvalue weighted by molar-refractivity contribution is 9.10. The summed E-state index contributed by atoms with van der Waals surface area (Å²) in [6.45, 7) is 1.37. The van der Waals surface area contributed by atoms with Crippen LogP contribution in [-0.4, -0.2) is 6.04 Å². The molecule has 1 aliphatic rings. The van der Waals surface area contributed by atoms with Gasteiger partial charge in [-0.1, -0.05) is 39.7 Å². The quantitative estimate of drug-likeness (QED) is 0.782. The van der Waals surface area contributed by atoms with Gasteiger partial charge in [-0.2, -0.15) is 0 Å². The summed E-state index contributed by atoms with van der Waals surface area (Å²) in [5.41, 5.74) is 2.26. The summed E-state index contributed by atoms with van der Waals surface area (Å²) in [5.74, 6) is 0.899. The van der Waals surface area contributed by atoms with Crippen LogP contribution >= 0.6 is 27.5 Å². The first-order valence-electron chi connectivity index (χ1n) is 7.10. The molecule has 0 radical (unpaired) electrons. The van der Waals surface area contributed by atoms with Crippen molar-refractivity contribution in [1.29, 1.82) is 0 Å². The zero-order chi connectivity index (χ0) is 14.7. The summed E-state index contributed by atoms with van der Waals surface area (Å²) in [6, 6.07) is 14.6. The monoisotopic (exact) mass is 365 g/mol. The fourth-order valence-electron chi connectivity index (χ4n) is 2.11. The average molecular weight is 367 g/mol. The summed E-state index contributed by atoms with van der Waals surface area (Å²) < 4.78 is 7.03. The molecule has 21 heavy (non-hydrogen) atoms. The third-order valence-electron chi connectivity index (χ3n) is 3.49. The number of hydrogen-bond donors (Lipinski definition) is 1. The second-order valence-electron chi connectivity index (χ2n) is 5.32. The molecule has 0 amide bonds. The van der Waals surface area contributed by atoms with E-state index >= 15 is 0 Å². The Balaban J connectivity index is 1.66. The van der Waals surface area contributed by atoms with E-state index in [-0.39, 0.29) is 0 Å². The van der Waals surface area contributed by atoms with E-state index in [1.165, 1.54) is 12.8 Å². The molecule has 1 saturated carbocycles. The van der Waals surface area contributed by atoms with Gasteiger partial charge in [-0.05, 0) is 48.7 Å². The van der Waals surface area contributed by atoms with E-state index in [1.54, 1.807) is 0 Å². The van der Waals surface area contributed by atoms with Gasteiger partial charge in [-0.25, -0.2) is 0 Å². The lowest BCUT2D eigenvalue weighted by Crippen LogP contribution is -2.16. The third-order valence-corrected chi connectivity index (χ3v) is 4.25. The molecule has 0 unspecified atom stereocenters. The molecule has 0 heterocycles. The molecule has 0 atom stereocenters. The van der Waals surface area contributed by atoms with Gasteiger partial charge in [0, 0.05) is 27.6 Å². The summed E-state index contributed by atoms with van der Waals surface area (Å²) in [5, 5.41) is 4.25. The molecule has 0 aromatic heterocycles. The Bertz CT molecular complexity index is 611. The zero-order valence-electron chi connectivity index (χ0n) is 11.6. The minimum Gasteiger partial charge on any atom is -0.489 e. The van der Waals surface area contributed by atoms with Gasteiger partial charge in [0.1, 0.15) is 12.4 Å². The van der Waals surface area contributed by atoms with Crippen molar-refractivity contribution in [2.45, 2.75) is 32.0 Å². The fourth-order valence-corrected chi connectivity index (χ4v) is 2.57. The van der Waals surface area contributed by atoms with Gasteiger partial charge in [0.05, 0.1) is 0 Å². The third kappa shape index (κ3) is 4.47. The molecule has 4 heteroatoms. The molecule has 2 nitrogen and oxygen atoms in total. The Kier molecular flexibility index (Phi) is 4.84. The maximum atomic E-state index is 6.09. The molecular weight excluding hydrogens is 350 g/mol. The maximum absolute atomic E-state index is 6.09. The lowest BCUT2D eigenvalue weighted by atomic mass is 10.2. The smallest absolute Gasteiger partial charge is 0.124 e. The second-order valence-corrected chi connectivity index (χ2v) is 6.67. The number of hydrogen-bond acceptors (Lipinski definition) is 2. The summed E-state index contributed by atoms with van der Waals surface area (Å²) in [7, 11) is 0. The highest BCUT2D eigenvalue weighted by Crippen LogP contribution is 2.26. The first kappa shape index (κ1) is 14.9. The molecule has 0 saturated heterocycles. The number of rotatable bonds is 6. The Labute approximate surface area is 138 Å². The van der Waals surface area contributed by atoms with Crippen molar-refractivity contribution in [3.05, 3.63) is 63.1 Å². The van der Waals surface area contributed by atoms with E-state index in [4.69, 9.17) is 16.3 Å². The lowest BCUT2D eigenvalue weighted by Gasteiger charge is -2.13. The van der Waals surface area contributed by atoms with E-state index in [9.17, 15) is 0 Å². The van der Waals surface area contributed by atoms with Crippen molar-refractivity contribution in [1.82, 2.24) is 5.32 Å². The van der Waals surface area contributed by atoms with Crippen LogP contribution in [0.2, 0.25) is 5.02 Å². The zero-order valence-corrected chi connectivity index (χ0v) is 14.0. The van der Waals surface area contributed by atoms with Crippen LogP contribution in [0, 0.1) is 0 Å². The van der Waals surface area contributed by atoms with Crippen molar-refractivity contribution in [2.24, 2.45) is 0 Å². The Morgan fingerprint density at radius 3 is 2.62 bits per heavy atom. The molecule has 2 aromatic rings. The molecule has 110 valence electrons. The molecule has 0 bridgehead atoms. The van der Waals surface area contributed by atoms with Crippen molar-refractivity contribution in [3.63, 3.8) is 0 Å². The topological polar surface area (TPSA) is 21.3 Å². The lowest BCUT2D eigenvalue weighted by molar-refractivity contribution is 0.302. The van der Waals surface area contributed by atoms with E-state index in [0.717, 1.165) is 32.9 Å². The van der Waals surface area contributed by atoms with Crippen LogP contribution in [-0.2, 0) is 13.2 Å². The molecule has 3 rings (SSSR count). The molecule has 1 N–H and O–H groups in total. The van der Waals surface area contributed by atoms with Crippen LogP contribution in [0.4, 0.5) is 0 Å². The number of benzene rings is 2. The highest BCUT2D eigenvalue weighted by atomic mass is 79.9. The fraction of sp³-hybridized carbons (Fsp3) is 0.294. The van der Waals surface area contributed by atoms with Gasteiger partial charge < -0.3 is 10.1 Å². The highest BCUT2D eigenvalue weighted by Gasteiger charge is 2.20. The van der Waals surface area contributed by atoms with Crippen LogP contribution in [0.3, 0.4) is 0 Å². The van der Waals surface area contributed by atoms with Gasteiger partial charge in [-0.15, -0.1) is 0 Å². The predicted molar refractivity (Wildman–Crippen MR) is 89.8 cm³/mol. The number of nitrogens with one attached hydrogen (secondary N) is 1. The first-order valence-corrected chi connectivity index (χ1v) is 8.27. The van der Waals surface area contributed by atoms with Crippen molar-refractivity contribution < 1.29 is 4.74 Å². The first-order chi connectivity index (χ1) is 10.2. The maximum Gasteiger partial charge on any atom is 0.124 e. The van der Waals surface area contributed by atoms with Crippen LogP contribution < -0.4 is 10.1 Å². The van der Waals surface area contributed by atoms with Crippen LogP contribution in [0.1, 0.15) is 24.0 Å². The summed E-state index contributed by atoms with van der Waals surface area (Å²) in [4.78, 5) is 0. The minimum atomic E-state index is 0.561. The second kappa shape index (κ2) is 6.82. The van der Waals surface area contributed by atoms with Gasteiger partial charge in [0.15, 0.2) is 0 Å². The average Bonchev–Trinajstić information content (AvgIpc) is 3.30. The summed E-state index contributed by atoms with van der Waals surface area (Å²) in [6.07, 6.45) is 2.55. The normalized spacial score (nSPS) is 14.2. The standard InChI is InChI=1S/C17H17BrClNO/c18-14-3-1-12(2-4-14)11-21-17-8-5-15(19)9-13(17)10-20-16-6-7-16/h1-5,8-9,16,20H,6-7,10-11H2. The molecule has 1 fully saturated rings. The van der Waals surface area contributed by atoms with Crippen LogP contribution in [0.25, 0.3) is 0 Å². The van der Waals surface area contributed by atoms with Crippen LogP contribution in [0.15, 0.2) is 46.9 Å². The van der Waals surface area contributed by atoms with Crippen LogP contribution in [0.5, 0.6) is 5.75 Å². The van der Waals surface area contributed by atoms with E-state index in [0.29, 0.717) is 12.6 Å². The predicted octanol–water partition coefficient (Wildman–Crippen LogP) is 4.93. The number of halogens is 2. The molecule has 0 spiro atoms. The number of ether oxygens (including phenoxy) is 1. The van der Waals surface area contributed by atoms with Gasteiger partial charge in [0.25, 0.3) is 0 Å². The van der Waals surface area contributed by atoms with Crippen molar-refractivity contribution in [3.8, 4) is 5.75 Å². The molecule has 1 aliphatic carbocycles. The van der Waals surface area contributed by atoms with E-state index < -0.39 is 0 Å². The summed E-state index contributed by atoms with van der Waals surface area (Å²) >= 11 is 9.53. The van der Waals surface area contributed by atoms with E-state index in [1.807, 2.05) is 30.3 Å². The Morgan fingerprint density at radius 1 is 1.14 bits per heavy atom. The van der Waals surface area contributed by atoms with E-state index in [2.05, 4.69) is 33.4 Å². The van der Waals surface area contributed by atoms with Gasteiger partial charge in [0.2, 0.25) is 0 Å². The Hall–Kier alpha value is -1.03. The Morgan fingerprint density at radius 2 is 1.90 bits per heavy atom. The SMILES string of the molecule is Clc1ccc(OCc2ccc(Br)cc2)c(CNC2CC2)c1. The molecule has 0 aliphatic heterocycles. The van der Waals surface area contributed by atoms with Gasteiger partial charge >= 0.3 is 0 Å². The van der Waals surface area contributed by atoms with Gasteiger partial charge in [-0.3, -0.25) is 0 Å². The van der Waals surface area contributed by atoms with Crippen molar-refractivity contribution >= 4 is 27.5 Å². The largest absolute Gasteiger partial charge is 0.489 e. The molecule has 2 aromatic carbocycles. The van der Waals surface area contributed by atoms with Crippen molar-refractivity contribution in [2.75, 3.05) is 0 Å². The molecular formula is C17H17BrClNO.